The maximum atomic E-state index is 12.1. The van der Waals surface area contributed by atoms with E-state index in [2.05, 4.69) is 10.1 Å². The Kier molecular flexibility index (Phi) is 5.65. The summed E-state index contributed by atoms with van der Waals surface area (Å²) < 4.78 is 26.8. The molecule has 8 heteroatoms. The van der Waals surface area contributed by atoms with Crippen LogP contribution in [0.15, 0.2) is 47.0 Å². The van der Waals surface area contributed by atoms with Gasteiger partial charge in [-0.25, -0.2) is 4.79 Å². The maximum absolute atomic E-state index is 12.1. The first kappa shape index (κ1) is 19.5. The van der Waals surface area contributed by atoms with E-state index < -0.39 is 5.97 Å². The highest BCUT2D eigenvalue weighted by Crippen LogP contribution is 2.40. The van der Waals surface area contributed by atoms with Gasteiger partial charge in [0.15, 0.2) is 18.1 Å². The largest absolute Gasteiger partial charge is 0.493 e. The Morgan fingerprint density at radius 1 is 1.20 bits per heavy atom. The first-order valence-electron chi connectivity index (χ1n) is 9.35. The first-order valence-corrected chi connectivity index (χ1v) is 9.35. The van der Waals surface area contributed by atoms with Gasteiger partial charge in [0.2, 0.25) is 11.6 Å². The summed E-state index contributed by atoms with van der Waals surface area (Å²) in [6, 6.07) is 11.2. The molecule has 0 fully saturated rings. The molecule has 0 aliphatic carbocycles. The molecular weight excluding hydrogens is 388 g/mol. The van der Waals surface area contributed by atoms with Crippen molar-refractivity contribution >= 4 is 12.0 Å². The molecule has 0 amide bonds. The number of rotatable bonds is 6. The smallest absolute Gasteiger partial charge is 0.331 e. The predicted octanol–water partition coefficient (Wildman–Crippen LogP) is 3.58. The molecule has 0 saturated heterocycles. The van der Waals surface area contributed by atoms with Crippen LogP contribution in [-0.2, 0) is 16.1 Å². The summed E-state index contributed by atoms with van der Waals surface area (Å²) >= 11 is 0. The Bertz CT molecular complexity index is 1070. The second-order valence-electron chi connectivity index (χ2n) is 6.52. The van der Waals surface area contributed by atoms with E-state index in [4.69, 9.17) is 23.5 Å². The fourth-order valence-corrected chi connectivity index (χ4v) is 2.98. The zero-order valence-corrected chi connectivity index (χ0v) is 16.6. The number of benzene rings is 2. The molecule has 0 unspecified atom stereocenters. The van der Waals surface area contributed by atoms with E-state index in [1.54, 1.807) is 25.3 Å². The third-order valence-electron chi connectivity index (χ3n) is 4.45. The van der Waals surface area contributed by atoms with Gasteiger partial charge in [0.25, 0.3) is 5.89 Å². The molecule has 1 aliphatic rings. The zero-order valence-electron chi connectivity index (χ0n) is 16.6. The molecule has 2 aromatic carbocycles. The third kappa shape index (κ3) is 4.27. The van der Waals surface area contributed by atoms with Crippen molar-refractivity contribution in [1.29, 1.82) is 0 Å². The molecule has 3 aromatic rings. The molecule has 0 N–H and O–H groups in total. The van der Waals surface area contributed by atoms with Crippen LogP contribution in [0.2, 0.25) is 0 Å². The van der Waals surface area contributed by atoms with Crippen molar-refractivity contribution in [3.05, 3.63) is 59.5 Å². The number of carbonyl (C=O) groups is 1. The van der Waals surface area contributed by atoms with Crippen LogP contribution in [0.25, 0.3) is 17.5 Å². The van der Waals surface area contributed by atoms with Crippen molar-refractivity contribution in [3.63, 3.8) is 0 Å². The molecule has 0 spiro atoms. The Hall–Kier alpha value is -3.81. The Morgan fingerprint density at radius 3 is 2.87 bits per heavy atom. The summed E-state index contributed by atoms with van der Waals surface area (Å²) in [5.74, 6) is 1.80. The summed E-state index contributed by atoms with van der Waals surface area (Å²) in [7, 11) is 1.55. The minimum atomic E-state index is -0.542. The highest BCUT2D eigenvalue weighted by atomic mass is 16.6. The minimum absolute atomic E-state index is 0.119. The highest BCUT2D eigenvalue weighted by molar-refractivity contribution is 5.87. The normalized spacial score (nSPS) is 12.7. The van der Waals surface area contributed by atoms with Gasteiger partial charge in [0.05, 0.1) is 7.11 Å². The molecule has 2 heterocycles. The van der Waals surface area contributed by atoms with Crippen LogP contribution in [0.5, 0.6) is 17.2 Å². The van der Waals surface area contributed by atoms with Gasteiger partial charge in [-0.2, -0.15) is 4.98 Å². The van der Waals surface area contributed by atoms with Crippen LogP contribution in [-0.4, -0.2) is 36.4 Å². The van der Waals surface area contributed by atoms with Crippen LogP contribution in [0.4, 0.5) is 0 Å². The van der Waals surface area contributed by atoms with Crippen molar-refractivity contribution < 1.29 is 28.3 Å². The Labute approximate surface area is 173 Å². The van der Waals surface area contributed by atoms with E-state index in [1.165, 1.54) is 6.08 Å². The van der Waals surface area contributed by atoms with Crippen molar-refractivity contribution in [3.8, 4) is 28.6 Å². The van der Waals surface area contributed by atoms with Gasteiger partial charge in [0.1, 0.15) is 13.2 Å². The van der Waals surface area contributed by atoms with Gasteiger partial charge in [-0.1, -0.05) is 29.4 Å². The Morgan fingerprint density at radius 2 is 2.03 bits per heavy atom. The number of aromatic nitrogens is 2. The second-order valence-corrected chi connectivity index (χ2v) is 6.52. The monoisotopic (exact) mass is 408 g/mol. The topological polar surface area (TPSA) is 92.9 Å². The zero-order chi connectivity index (χ0) is 20.9. The third-order valence-corrected chi connectivity index (χ3v) is 4.45. The molecular formula is C22H20N2O6. The number of carbonyl (C=O) groups excluding carboxylic acids is 1. The molecule has 4 rings (SSSR count). The first-order chi connectivity index (χ1) is 14.6. The summed E-state index contributed by atoms with van der Waals surface area (Å²) in [6.07, 6.45) is 2.92. The van der Waals surface area contributed by atoms with E-state index in [-0.39, 0.29) is 12.5 Å². The molecule has 0 saturated carbocycles. The number of nitrogens with zero attached hydrogens (tertiary/aromatic N) is 2. The number of hydrogen-bond donors (Lipinski definition) is 0. The Balaban J connectivity index is 1.39. The number of hydrogen-bond acceptors (Lipinski definition) is 8. The van der Waals surface area contributed by atoms with Gasteiger partial charge in [0, 0.05) is 11.6 Å². The molecule has 8 nitrogen and oxygen atoms in total. The lowest BCUT2D eigenvalue weighted by atomic mass is 10.1. The van der Waals surface area contributed by atoms with Crippen molar-refractivity contribution in [2.45, 2.75) is 13.5 Å². The van der Waals surface area contributed by atoms with Gasteiger partial charge < -0.3 is 23.5 Å². The van der Waals surface area contributed by atoms with E-state index >= 15 is 0 Å². The SMILES string of the molecule is COc1cc(/C=C/C(=O)OCc2nc(-c3ccccc3C)no2)cc2c1OCCO2. The average Bonchev–Trinajstić information content (AvgIpc) is 3.24. The summed E-state index contributed by atoms with van der Waals surface area (Å²) in [5.41, 5.74) is 2.61. The average molecular weight is 408 g/mol. The number of esters is 1. The summed E-state index contributed by atoms with van der Waals surface area (Å²) in [6.45, 7) is 2.77. The van der Waals surface area contributed by atoms with Gasteiger partial charge in [-0.3, -0.25) is 0 Å². The van der Waals surface area contributed by atoms with Crippen LogP contribution in [0, 0.1) is 6.92 Å². The lowest BCUT2D eigenvalue weighted by Gasteiger charge is -2.20. The quantitative estimate of drug-likeness (QED) is 0.451. The second kappa shape index (κ2) is 8.69. The number of methoxy groups -OCH3 is 1. The van der Waals surface area contributed by atoms with Crippen molar-refractivity contribution in [1.82, 2.24) is 10.1 Å². The molecule has 0 radical (unpaired) electrons. The summed E-state index contributed by atoms with van der Waals surface area (Å²) in [5, 5.41) is 3.94. The van der Waals surface area contributed by atoms with Crippen LogP contribution < -0.4 is 14.2 Å². The van der Waals surface area contributed by atoms with E-state index in [1.807, 2.05) is 31.2 Å². The molecule has 1 aliphatic heterocycles. The van der Waals surface area contributed by atoms with Gasteiger partial charge in [-0.05, 0) is 36.3 Å². The number of ether oxygens (including phenoxy) is 4. The summed E-state index contributed by atoms with van der Waals surface area (Å²) in [4.78, 5) is 16.4. The predicted molar refractivity (Wildman–Crippen MR) is 107 cm³/mol. The number of aryl methyl sites for hydroxylation is 1. The standard InChI is InChI=1S/C22H20N2O6/c1-14-5-3-4-6-16(14)22-23-19(30-24-22)13-29-20(25)8-7-15-11-17(26-2)21-18(12-15)27-9-10-28-21/h3-8,11-12H,9-10,13H2,1-2H3/b8-7+. The molecule has 1 aromatic heterocycles. The van der Waals surface area contributed by atoms with Crippen LogP contribution in [0.3, 0.4) is 0 Å². The van der Waals surface area contributed by atoms with E-state index in [0.29, 0.717) is 41.9 Å². The molecule has 0 atom stereocenters. The van der Waals surface area contributed by atoms with Gasteiger partial charge in [-0.15, -0.1) is 0 Å². The lowest BCUT2D eigenvalue weighted by Crippen LogP contribution is -2.16. The van der Waals surface area contributed by atoms with Crippen molar-refractivity contribution in [2.75, 3.05) is 20.3 Å². The molecule has 154 valence electrons. The van der Waals surface area contributed by atoms with Gasteiger partial charge >= 0.3 is 5.97 Å². The number of fused-ring (bicyclic) bond motifs is 1. The maximum Gasteiger partial charge on any atom is 0.331 e. The fraction of sp³-hybridized carbons (Fsp3) is 0.227. The minimum Gasteiger partial charge on any atom is -0.493 e. The van der Waals surface area contributed by atoms with Crippen LogP contribution >= 0.6 is 0 Å². The van der Waals surface area contributed by atoms with E-state index in [9.17, 15) is 4.79 Å². The van der Waals surface area contributed by atoms with Crippen LogP contribution in [0.1, 0.15) is 17.0 Å². The highest BCUT2D eigenvalue weighted by Gasteiger charge is 2.18. The fourth-order valence-electron chi connectivity index (χ4n) is 2.98. The van der Waals surface area contributed by atoms with E-state index in [0.717, 1.165) is 11.1 Å². The lowest BCUT2D eigenvalue weighted by molar-refractivity contribution is -0.139. The molecule has 0 bridgehead atoms. The molecule has 30 heavy (non-hydrogen) atoms. The van der Waals surface area contributed by atoms with Crippen molar-refractivity contribution in [2.24, 2.45) is 0 Å².